The van der Waals surface area contributed by atoms with E-state index >= 15 is 0 Å². The Labute approximate surface area is 214 Å². The Hall–Kier alpha value is -3.25. The first-order valence-corrected chi connectivity index (χ1v) is 12.3. The smallest absolute Gasteiger partial charge is 0.291 e. The molecule has 1 fully saturated rings. The molecule has 0 bridgehead atoms. The SMILES string of the molecule is O=C(Nc1ccc(N2CCN(Cc3ccccc3)CC2)cc1)c1ccc(-c2ccc(Cl)cc2Cl)o1. The van der Waals surface area contributed by atoms with Gasteiger partial charge in [-0.3, -0.25) is 9.69 Å². The first kappa shape index (κ1) is 23.5. The van der Waals surface area contributed by atoms with E-state index in [9.17, 15) is 4.79 Å². The van der Waals surface area contributed by atoms with Crippen LogP contribution in [0.2, 0.25) is 10.0 Å². The lowest BCUT2D eigenvalue weighted by Gasteiger charge is -2.36. The molecule has 1 amide bonds. The summed E-state index contributed by atoms with van der Waals surface area (Å²) in [7, 11) is 0. The first-order valence-electron chi connectivity index (χ1n) is 11.5. The van der Waals surface area contributed by atoms with Crippen LogP contribution in [0.5, 0.6) is 0 Å². The van der Waals surface area contributed by atoms with E-state index in [1.54, 1.807) is 30.3 Å². The van der Waals surface area contributed by atoms with Crippen LogP contribution in [0.3, 0.4) is 0 Å². The topological polar surface area (TPSA) is 48.7 Å². The highest BCUT2D eigenvalue weighted by molar-refractivity contribution is 6.36. The molecule has 4 aromatic rings. The van der Waals surface area contributed by atoms with E-state index in [1.165, 1.54) is 5.56 Å². The fourth-order valence-corrected chi connectivity index (χ4v) is 4.75. The van der Waals surface area contributed by atoms with Gasteiger partial charge < -0.3 is 14.6 Å². The highest BCUT2D eigenvalue weighted by Gasteiger charge is 2.18. The minimum absolute atomic E-state index is 0.213. The van der Waals surface area contributed by atoms with E-state index in [-0.39, 0.29) is 11.7 Å². The summed E-state index contributed by atoms with van der Waals surface area (Å²) in [5, 5.41) is 3.91. The molecule has 1 aromatic heterocycles. The van der Waals surface area contributed by atoms with Gasteiger partial charge in [0.25, 0.3) is 5.91 Å². The maximum Gasteiger partial charge on any atom is 0.291 e. The maximum absolute atomic E-state index is 12.7. The molecule has 0 saturated carbocycles. The minimum atomic E-state index is -0.316. The second kappa shape index (κ2) is 10.6. The Balaban J connectivity index is 1.16. The number of rotatable bonds is 6. The number of carbonyl (C=O) groups is 1. The molecule has 0 radical (unpaired) electrons. The summed E-state index contributed by atoms with van der Waals surface area (Å²) in [6.07, 6.45) is 0. The van der Waals surface area contributed by atoms with Crippen molar-refractivity contribution in [2.75, 3.05) is 36.4 Å². The predicted octanol–water partition coefficient (Wildman–Crippen LogP) is 6.83. The molecule has 5 rings (SSSR count). The van der Waals surface area contributed by atoms with Crippen LogP contribution in [0.25, 0.3) is 11.3 Å². The number of nitrogens with one attached hydrogen (secondary N) is 1. The van der Waals surface area contributed by atoms with Crippen molar-refractivity contribution in [2.24, 2.45) is 0 Å². The van der Waals surface area contributed by atoms with Gasteiger partial charge in [-0.05, 0) is 60.2 Å². The number of hydrogen-bond acceptors (Lipinski definition) is 4. The van der Waals surface area contributed by atoms with Crippen LogP contribution in [-0.4, -0.2) is 37.0 Å². The number of carbonyl (C=O) groups excluding carboxylic acids is 1. The number of furan rings is 1. The zero-order valence-corrected chi connectivity index (χ0v) is 20.6. The average molecular weight is 506 g/mol. The van der Waals surface area contributed by atoms with E-state index in [2.05, 4.69) is 45.4 Å². The summed E-state index contributed by atoms with van der Waals surface area (Å²) in [6.45, 7) is 4.97. The van der Waals surface area contributed by atoms with Crippen LogP contribution in [0.4, 0.5) is 11.4 Å². The van der Waals surface area contributed by atoms with Crippen LogP contribution < -0.4 is 10.2 Å². The van der Waals surface area contributed by atoms with Gasteiger partial charge in [-0.1, -0.05) is 53.5 Å². The van der Waals surface area contributed by atoms with Gasteiger partial charge in [0, 0.05) is 54.7 Å². The summed E-state index contributed by atoms with van der Waals surface area (Å²) in [6, 6.07) is 27.0. The highest BCUT2D eigenvalue weighted by atomic mass is 35.5. The Morgan fingerprint density at radius 2 is 1.60 bits per heavy atom. The van der Waals surface area contributed by atoms with Crippen molar-refractivity contribution in [2.45, 2.75) is 6.54 Å². The van der Waals surface area contributed by atoms with Crippen molar-refractivity contribution in [3.63, 3.8) is 0 Å². The lowest BCUT2D eigenvalue weighted by Crippen LogP contribution is -2.45. The summed E-state index contributed by atoms with van der Waals surface area (Å²) in [4.78, 5) is 17.6. The van der Waals surface area contributed by atoms with Crippen molar-refractivity contribution >= 4 is 40.5 Å². The van der Waals surface area contributed by atoms with E-state index in [0.717, 1.165) is 38.4 Å². The molecule has 1 saturated heterocycles. The third kappa shape index (κ3) is 5.70. The third-order valence-corrected chi connectivity index (χ3v) is 6.69. The van der Waals surface area contributed by atoms with Crippen LogP contribution in [0, 0.1) is 0 Å². The lowest BCUT2D eigenvalue weighted by atomic mass is 10.2. The van der Waals surface area contributed by atoms with Crippen LogP contribution in [0.15, 0.2) is 89.3 Å². The van der Waals surface area contributed by atoms with Crippen LogP contribution in [-0.2, 0) is 6.54 Å². The van der Waals surface area contributed by atoms with Gasteiger partial charge >= 0.3 is 0 Å². The molecule has 3 aromatic carbocycles. The normalized spacial score (nSPS) is 14.2. The second-order valence-corrected chi connectivity index (χ2v) is 9.38. The van der Waals surface area contributed by atoms with Crippen molar-refractivity contribution < 1.29 is 9.21 Å². The molecule has 5 nitrogen and oxygen atoms in total. The zero-order valence-electron chi connectivity index (χ0n) is 19.1. The number of hydrogen-bond donors (Lipinski definition) is 1. The summed E-state index contributed by atoms with van der Waals surface area (Å²) < 4.78 is 5.74. The van der Waals surface area contributed by atoms with E-state index in [4.69, 9.17) is 27.6 Å². The fourth-order valence-electron chi connectivity index (χ4n) is 4.25. The molecule has 2 heterocycles. The van der Waals surface area contributed by atoms with Gasteiger partial charge in [-0.2, -0.15) is 0 Å². The van der Waals surface area contributed by atoms with E-state index in [0.29, 0.717) is 27.1 Å². The standard InChI is InChI=1S/C28H25Cl2N3O2/c29-21-6-11-24(25(30)18-21)26-12-13-27(35-26)28(34)31-22-7-9-23(10-8-22)33-16-14-32(15-17-33)19-20-4-2-1-3-5-20/h1-13,18H,14-17,19H2,(H,31,34). The fraction of sp³-hybridized carbons (Fsp3) is 0.179. The predicted molar refractivity (Wildman–Crippen MR) is 142 cm³/mol. The Morgan fingerprint density at radius 1 is 0.857 bits per heavy atom. The first-order chi connectivity index (χ1) is 17.0. The summed E-state index contributed by atoms with van der Waals surface area (Å²) in [5.74, 6) is 0.409. The van der Waals surface area contributed by atoms with Gasteiger partial charge in [0.15, 0.2) is 5.76 Å². The van der Waals surface area contributed by atoms with Crippen molar-refractivity contribution in [1.29, 1.82) is 0 Å². The number of piperazine rings is 1. The monoisotopic (exact) mass is 505 g/mol. The van der Waals surface area contributed by atoms with Gasteiger partial charge in [0.05, 0.1) is 5.02 Å². The molecular weight excluding hydrogens is 481 g/mol. The Bertz CT molecular complexity index is 1300. The molecule has 0 spiro atoms. The lowest BCUT2D eigenvalue weighted by molar-refractivity contribution is 0.0997. The molecule has 1 aliphatic heterocycles. The van der Waals surface area contributed by atoms with Crippen molar-refractivity contribution in [3.05, 3.63) is 106 Å². The number of nitrogens with zero attached hydrogens (tertiary/aromatic N) is 2. The second-order valence-electron chi connectivity index (χ2n) is 8.54. The highest BCUT2D eigenvalue weighted by Crippen LogP contribution is 2.31. The molecule has 0 unspecified atom stereocenters. The van der Waals surface area contributed by atoms with Crippen molar-refractivity contribution in [3.8, 4) is 11.3 Å². The van der Waals surface area contributed by atoms with Gasteiger partial charge in [0.1, 0.15) is 5.76 Å². The number of halogens is 2. The van der Waals surface area contributed by atoms with Crippen molar-refractivity contribution in [1.82, 2.24) is 4.90 Å². The Morgan fingerprint density at radius 3 is 2.31 bits per heavy atom. The summed E-state index contributed by atoms with van der Waals surface area (Å²) in [5.41, 5.74) is 3.90. The number of benzene rings is 3. The number of anilines is 2. The average Bonchev–Trinajstić information content (AvgIpc) is 3.36. The quantitative estimate of drug-likeness (QED) is 0.312. The molecular formula is C28H25Cl2N3O2. The molecule has 1 N–H and O–H groups in total. The molecule has 1 aliphatic rings. The minimum Gasteiger partial charge on any atom is -0.451 e. The maximum atomic E-state index is 12.7. The van der Waals surface area contributed by atoms with E-state index < -0.39 is 0 Å². The van der Waals surface area contributed by atoms with E-state index in [1.807, 2.05) is 24.3 Å². The van der Waals surface area contributed by atoms with Crippen LogP contribution in [0.1, 0.15) is 16.1 Å². The van der Waals surface area contributed by atoms with Gasteiger partial charge in [-0.15, -0.1) is 0 Å². The molecule has 0 atom stereocenters. The van der Waals surface area contributed by atoms with Gasteiger partial charge in [0.2, 0.25) is 0 Å². The van der Waals surface area contributed by atoms with Gasteiger partial charge in [-0.25, -0.2) is 0 Å². The third-order valence-electron chi connectivity index (χ3n) is 6.14. The summed E-state index contributed by atoms with van der Waals surface area (Å²) >= 11 is 12.2. The molecule has 178 valence electrons. The largest absolute Gasteiger partial charge is 0.451 e. The molecule has 7 heteroatoms. The van der Waals surface area contributed by atoms with Crippen LogP contribution >= 0.6 is 23.2 Å². The molecule has 0 aliphatic carbocycles. The Kier molecular flexibility index (Phi) is 7.09. The zero-order chi connectivity index (χ0) is 24.2. The number of amides is 1. The molecule has 35 heavy (non-hydrogen) atoms.